The Morgan fingerprint density at radius 3 is 2.61 bits per heavy atom. The number of rotatable bonds is 5. The number of thiophene rings is 1. The zero-order chi connectivity index (χ0) is 21.8. The van der Waals surface area contributed by atoms with Crippen molar-refractivity contribution in [2.24, 2.45) is 0 Å². The number of aryl methyl sites for hydroxylation is 1. The van der Waals surface area contributed by atoms with E-state index < -0.39 is 6.10 Å². The molecule has 1 aromatic carbocycles. The van der Waals surface area contributed by atoms with E-state index in [1.165, 1.54) is 16.2 Å². The standard InChI is InChI=1S/C23H25N3O4S/c1-15(30-17-8-6-16(14-24)7-9-17)21(27)25-22-20(18-4-2-3-5-19(18)31-22)23(28)26-10-12-29-13-11-26/h6-9,15H,2-5,10-13H2,1H3,(H,25,27)/t15-/m1/s1. The number of nitrogens with zero attached hydrogens (tertiary/aromatic N) is 2. The van der Waals surface area contributed by atoms with Crippen molar-refractivity contribution in [1.82, 2.24) is 4.90 Å². The zero-order valence-electron chi connectivity index (χ0n) is 17.5. The van der Waals surface area contributed by atoms with Gasteiger partial charge in [0.1, 0.15) is 10.8 Å². The van der Waals surface area contributed by atoms with Crippen molar-refractivity contribution >= 4 is 28.2 Å². The molecule has 31 heavy (non-hydrogen) atoms. The molecule has 2 amide bonds. The van der Waals surface area contributed by atoms with Gasteiger partial charge in [0.25, 0.3) is 11.8 Å². The summed E-state index contributed by atoms with van der Waals surface area (Å²) in [6.45, 7) is 3.87. The van der Waals surface area contributed by atoms with Gasteiger partial charge >= 0.3 is 0 Å². The van der Waals surface area contributed by atoms with E-state index in [2.05, 4.69) is 11.4 Å². The largest absolute Gasteiger partial charge is 0.481 e. The molecular weight excluding hydrogens is 414 g/mol. The fourth-order valence-electron chi connectivity index (χ4n) is 3.88. The van der Waals surface area contributed by atoms with Gasteiger partial charge in [-0.3, -0.25) is 9.59 Å². The number of fused-ring (bicyclic) bond motifs is 1. The van der Waals surface area contributed by atoms with E-state index in [1.54, 1.807) is 31.2 Å². The number of ether oxygens (including phenoxy) is 2. The van der Waals surface area contributed by atoms with Crippen molar-refractivity contribution in [3.8, 4) is 11.8 Å². The van der Waals surface area contributed by atoms with Crippen molar-refractivity contribution in [3.05, 3.63) is 45.8 Å². The molecule has 2 heterocycles. The molecule has 1 aromatic heterocycles. The Morgan fingerprint density at radius 2 is 1.90 bits per heavy atom. The first-order valence-electron chi connectivity index (χ1n) is 10.6. The molecule has 1 atom stereocenters. The van der Waals surface area contributed by atoms with E-state index in [9.17, 15) is 9.59 Å². The maximum atomic E-state index is 13.3. The Labute approximate surface area is 185 Å². The predicted molar refractivity (Wildman–Crippen MR) is 118 cm³/mol. The molecule has 0 bridgehead atoms. The summed E-state index contributed by atoms with van der Waals surface area (Å²) in [7, 11) is 0. The topological polar surface area (TPSA) is 91.7 Å². The highest BCUT2D eigenvalue weighted by Gasteiger charge is 2.30. The van der Waals surface area contributed by atoms with Crippen molar-refractivity contribution in [1.29, 1.82) is 5.26 Å². The highest BCUT2D eigenvalue weighted by atomic mass is 32.1. The quantitative estimate of drug-likeness (QED) is 0.771. The van der Waals surface area contributed by atoms with Crippen LogP contribution in [0.3, 0.4) is 0 Å². The first kappa shape index (κ1) is 21.3. The van der Waals surface area contributed by atoms with Gasteiger partial charge in [0.15, 0.2) is 6.10 Å². The Morgan fingerprint density at radius 1 is 1.19 bits per heavy atom. The minimum absolute atomic E-state index is 0.0290. The fourth-order valence-corrected chi connectivity index (χ4v) is 5.17. The minimum atomic E-state index is -0.751. The van der Waals surface area contributed by atoms with E-state index in [4.69, 9.17) is 14.7 Å². The minimum Gasteiger partial charge on any atom is -0.481 e. The molecule has 1 saturated heterocycles. The van der Waals surface area contributed by atoms with Gasteiger partial charge < -0.3 is 19.7 Å². The molecular formula is C23H25N3O4S. The van der Waals surface area contributed by atoms with Gasteiger partial charge in [-0.25, -0.2) is 0 Å². The molecule has 0 spiro atoms. The Bertz CT molecular complexity index is 1000. The summed E-state index contributed by atoms with van der Waals surface area (Å²) < 4.78 is 11.1. The summed E-state index contributed by atoms with van der Waals surface area (Å²) in [6, 6.07) is 8.68. The van der Waals surface area contributed by atoms with Crippen LogP contribution in [-0.2, 0) is 22.4 Å². The number of nitriles is 1. The van der Waals surface area contributed by atoms with Crippen LogP contribution in [0.4, 0.5) is 5.00 Å². The molecule has 0 radical (unpaired) electrons. The summed E-state index contributed by atoms with van der Waals surface area (Å²) in [4.78, 5) is 29.2. The van der Waals surface area contributed by atoms with E-state index in [0.29, 0.717) is 48.2 Å². The highest BCUT2D eigenvalue weighted by Crippen LogP contribution is 2.39. The van der Waals surface area contributed by atoms with Crippen LogP contribution in [0.1, 0.15) is 46.1 Å². The second-order valence-electron chi connectivity index (χ2n) is 7.71. The first-order valence-corrected chi connectivity index (χ1v) is 11.4. The number of anilines is 1. The van der Waals surface area contributed by atoms with E-state index in [0.717, 1.165) is 31.2 Å². The van der Waals surface area contributed by atoms with Gasteiger partial charge in [0.2, 0.25) is 0 Å². The maximum Gasteiger partial charge on any atom is 0.265 e. The van der Waals surface area contributed by atoms with Crippen LogP contribution in [0, 0.1) is 11.3 Å². The second kappa shape index (κ2) is 9.50. The second-order valence-corrected chi connectivity index (χ2v) is 8.81. The number of carbonyl (C=O) groups is 2. The van der Waals surface area contributed by atoms with Crippen LogP contribution in [0.25, 0.3) is 0 Å². The number of morpholine rings is 1. The van der Waals surface area contributed by atoms with Crippen LogP contribution in [0.2, 0.25) is 0 Å². The molecule has 8 heteroatoms. The number of hydrogen-bond acceptors (Lipinski definition) is 6. The Balaban J connectivity index is 1.52. The molecule has 1 N–H and O–H groups in total. The highest BCUT2D eigenvalue weighted by molar-refractivity contribution is 7.17. The Hall–Kier alpha value is -2.89. The van der Waals surface area contributed by atoms with Gasteiger partial charge in [0, 0.05) is 18.0 Å². The number of benzene rings is 1. The number of hydrogen-bond donors (Lipinski definition) is 1. The molecule has 162 valence electrons. The third-order valence-electron chi connectivity index (χ3n) is 5.59. The van der Waals surface area contributed by atoms with Crippen molar-refractivity contribution in [2.45, 2.75) is 38.7 Å². The molecule has 1 fully saturated rings. The first-order chi connectivity index (χ1) is 15.1. The molecule has 4 rings (SSSR count). The number of carbonyl (C=O) groups excluding carboxylic acids is 2. The average Bonchev–Trinajstić information content (AvgIpc) is 3.17. The smallest absolute Gasteiger partial charge is 0.265 e. The third kappa shape index (κ3) is 4.73. The summed E-state index contributed by atoms with van der Waals surface area (Å²) in [6.07, 6.45) is 3.21. The summed E-state index contributed by atoms with van der Waals surface area (Å²) in [5.74, 6) is 0.175. The van der Waals surface area contributed by atoms with Crippen LogP contribution in [0.15, 0.2) is 24.3 Å². The lowest BCUT2D eigenvalue weighted by Crippen LogP contribution is -2.41. The molecule has 0 saturated carbocycles. The van der Waals surface area contributed by atoms with Crippen molar-refractivity contribution in [2.75, 3.05) is 31.6 Å². The normalized spacial score (nSPS) is 16.7. The SMILES string of the molecule is C[C@@H](Oc1ccc(C#N)cc1)C(=O)Nc1sc2c(c1C(=O)N1CCOCC1)CCCC2. The maximum absolute atomic E-state index is 13.3. The molecule has 2 aliphatic rings. The van der Waals surface area contributed by atoms with E-state index >= 15 is 0 Å². The number of amides is 2. The van der Waals surface area contributed by atoms with Crippen LogP contribution >= 0.6 is 11.3 Å². The summed E-state index contributed by atoms with van der Waals surface area (Å²) in [5.41, 5.74) is 2.25. The van der Waals surface area contributed by atoms with Crippen LogP contribution in [-0.4, -0.2) is 49.1 Å². The average molecular weight is 440 g/mol. The summed E-state index contributed by atoms with van der Waals surface area (Å²) in [5, 5.41) is 12.5. The van der Waals surface area contributed by atoms with Crippen LogP contribution in [0.5, 0.6) is 5.75 Å². The monoisotopic (exact) mass is 439 g/mol. The van der Waals surface area contributed by atoms with Crippen molar-refractivity contribution in [3.63, 3.8) is 0 Å². The van der Waals surface area contributed by atoms with Crippen LogP contribution < -0.4 is 10.1 Å². The van der Waals surface area contributed by atoms with Crippen molar-refractivity contribution < 1.29 is 19.1 Å². The molecule has 1 aliphatic carbocycles. The molecule has 2 aromatic rings. The van der Waals surface area contributed by atoms with Gasteiger partial charge in [-0.1, -0.05) is 0 Å². The lowest BCUT2D eigenvalue weighted by molar-refractivity contribution is -0.122. The van der Waals surface area contributed by atoms with Gasteiger partial charge in [-0.05, 0) is 62.4 Å². The molecule has 0 unspecified atom stereocenters. The fraction of sp³-hybridized carbons (Fsp3) is 0.435. The predicted octanol–water partition coefficient (Wildman–Crippen LogP) is 3.38. The Kier molecular flexibility index (Phi) is 6.54. The van der Waals surface area contributed by atoms with E-state index in [1.807, 2.05) is 4.90 Å². The van der Waals surface area contributed by atoms with Gasteiger partial charge in [0.05, 0.1) is 30.4 Å². The third-order valence-corrected chi connectivity index (χ3v) is 6.79. The lowest BCUT2D eigenvalue weighted by atomic mass is 9.95. The summed E-state index contributed by atoms with van der Waals surface area (Å²) >= 11 is 1.51. The number of nitrogens with one attached hydrogen (secondary N) is 1. The van der Waals surface area contributed by atoms with Gasteiger partial charge in [-0.15, -0.1) is 11.3 Å². The lowest BCUT2D eigenvalue weighted by Gasteiger charge is -2.28. The molecule has 7 nitrogen and oxygen atoms in total. The van der Waals surface area contributed by atoms with E-state index in [-0.39, 0.29) is 11.8 Å². The molecule has 1 aliphatic heterocycles. The van der Waals surface area contributed by atoms with Gasteiger partial charge in [-0.2, -0.15) is 5.26 Å². The zero-order valence-corrected chi connectivity index (χ0v) is 18.3.